The maximum absolute atomic E-state index is 12.5. The van der Waals surface area contributed by atoms with Gasteiger partial charge in [-0.05, 0) is 56.2 Å². The summed E-state index contributed by atoms with van der Waals surface area (Å²) in [5, 5.41) is 14.9. The predicted octanol–water partition coefficient (Wildman–Crippen LogP) is 4.08. The molecule has 2 atom stereocenters. The number of carboxylic acid groups (broad SMARTS) is 1. The third-order valence-electron chi connectivity index (χ3n) is 5.14. The van der Waals surface area contributed by atoms with Gasteiger partial charge in [0, 0.05) is 16.9 Å². The molecule has 6 heteroatoms. The van der Waals surface area contributed by atoms with E-state index in [9.17, 15) is 19.5 Å². The van der Waals surface area contributed by atoms with Gasteiger partial charge in [-0.2, -0.15) is 0 Å². The summed E-state index contributed by atoms with van der Waals surface area (Å²) in [7, 11) is 0. The lowest BCUT2D eigenvalue weighted by Gasteiger charge is -2.27. The molecule has 3 rings (SSSR count). The topological polar surface area (TPSA) is 95.5 Å². The number of anilines is 2. The average molecular weight is 380 g/mol. The fourth-order valence-corrected chi connectivity index (χ4v) is 3.52. The van der Waals surface area contributed by atoms with E-state index in [1.165, 1.54) is 0 Å². The zero-order valence-corrected chi connectivity index (χ0v) is 15.8. The molecular formula is C22H24N2O4. The summed E-state index contributed by atoms with van der Waals surface area (Å²) in [6, 6.07) is 14.1. The van der Waals surface area contributed by atoms with Crippen LogP contribution in [0.4, 0.5) is 11.4 Å². The molecule has 0 bridgehead atoms. The summed E-state index contributed by atoms with van der Waals surface area (Å²) in [4.78, 5) is 36.2. The maximum Gasteiger partial charge on any atom is 0.307 e. The van der Waals surface area contributed by atoms with E-state index in [1.54, 1.807) is 24.3 Å². The fourth-order valence-electron chi connectivity index (χ4n) is 3.52. The number of aryl methyl sites for hydroxylation is 1. The standard InChI is InChI=1S/C22H24N2O4/c1-14-6-10-16(11-7-14)23-20(25)15-8-12-17(13-9-15)24-21(26)18-4-2-3-5-19(18)22(27)28/h6-13,18-19H,2-5H2,1H3,(H,23,25)(H,24,26)(H,27,28)/t18-,19-/m0/s1. The average Bonchev–Trinajstić information content (AvgIpc) is 2.70. The van der Waals surface area contributed by atoms with Crippen LogP contribution in [0.15, 0.2) is 48.5 Å². The Bertz CT molecular complexity index is 859. The second kappa shape index (κ2) is 8.69. The molecule has 0 aliphatic heterocycles. The van der Waals surface area contributed by atoms with Crippen LogP contribution in [0.3, 0.4) is 0 Å². The van der Waals surface area contributed by atoms with Crippen molar-refractivity contribution in [1.29, 1.82) is 0 Å². The third-order valence-corrected chi connectivity index (χ3v) is 5.14. The van der Waals surface area contributed by atoms with E-state index in [2.05, 4.69) is 10.6 Å². The number of hydrogen-bond donors (Lipinski definition) is 3. The Morgan fingerprint density at radius 1 is 0.821 bits per heavy atom. The molecule has 146 valence electrons. The Kier molecular flexibility index (Phi) is 6.09. The Hall–Kier alpha value is -3.15. The van der Waals surface area contributed by atoms with E-state index in [0.29, 0.717) is 29.8 Å². The molecule has 0 spiro atoms. The van der Waals surface area contributed by atoms with Gasteiger partial charge in [-0.25, -0.2) is 0 Å². The van der Waals surface area contributed by atoms with Crippen molar-refractivity contribution < 1.29 is 19.5 Å². The van der Waals surface area contributed by atoms with Gasteiger partial charge in [0.05, 0.1) is 11.8 Å². The zero-order chi connectivity index (χ0) is 20.1. The third kappa shape index (κ3) is 4.76. The molecule has 1 aliphatic carbocycles. The predicted molar refractivity (Wildman–Crippen MR) is 107 cm³/mol. The van der Waals surface area contributed by atoms with Crippen LogP contribution in [0.5, 0.6) is 0 Å². The van der Waals surface area contributed by atoms with Crippen molar-refractivity contribution in [3.63, 3.8) is 0 Å². The van der Waals surface area contributed by atoms with Gasteiger partial charge in [-0.15, -0.1) is 0 Å². The van der Waals surface area contributed by atoms with Gasteiger partial charge in [-0.1, -0.05) is 30.5 Å². The van der Waals surface area contributed by atoms with Crippen LogP contribution in [0, 0.1) is 18.8 Å². The number of carbonyl (C=O) groups is 3. The first-order valence-corrected chi connectivity index (χ1v) is 9.46. The van der Waals surface area contributed by atoms with Crippen molar-refractivity contribution in [3.8, 4) is 0 Å². The molecule has 2 aromatic rings. The molecule has 1 aliphatic rings. The molecular weight excluding hydrogens is 356 g/mol. The molecule has 1 saturated carbocycles. The summed E-state index contributed by atoms with van der Waals surface area (Å²) in [6.45, 7) is 1.98. The van der Waals surface area contributed by atoms with Gasteiger partial charge >= 0.3 is 5.97 Å². The van der Waals surface area contributed by atoms with Gasteiger partial charge in [0.25, 0.3) is 5.91 Å². The summed E-state index contributed by atoms with van der Waals surface area (Å²) < 4.78 is 0. The lowest BCUT2D eigenvalue weighted by atomic mass is 9.78. The largest absolute Gasteiger partial charge is 0.481 e. The number of carboxylic acids is 1. The van der Waals surface area contributed by atoms with Crippen molar-refractivity contribution in [2.24, 2.45) is 11.8 Å². The molecule has 0 aromatic heterocycles. The van der Waals surface area contributed by atoms with Crippen LogP contribution in [0.25, 0.3) is 0 Å². The van der Waals surface area contributed by atoms with Gasteiger partial charge in [-0.3, -0.25) is 14.4 Å². The van der Waals surface area contributed by atoms with Crippen LogP contribution in [0.2, 0.25) is 0 Å². The zero-order valence-electron chi connectivity index (χ0n) is 15.8. The quantitative estimate of drug-likeness (QED) is 0.728. The Morgan fingerprint density at radius 2 is 1.36 bits per heavy atom. The highest BCUT2D eigenvalue weighted by molar-refractivity contribution is 6.04. The van der Waals surface area contributed by atoms with E-state index >= 15 is 0 Å². The summed E-state index contributed by atoms with van der Waals surface area (Å²) in [5.74, 6) is -2.57. The number of benzene rings is 2. The second-order valence-electron chi connectivity index (χ2n) is 7.22. The highest BCUT2D eigenvalue weighted by atomic mass is 16.4. The fraction of sp³-hybridized carbons (Fsp3) is 0.318. The van der Waals surface area contributed by atoms with Crippen molar-refractivity contribution in [2.45, 2.75) is 32.6 Å². The first kappa shape index (κ1) is 19.6. The summed E-state index contributed by atoms with van der Waals surface area (Å²) >= 11 is 0. The van der Waals surface area contributed by atoms with Crippen LogP contribution < -0.4 is 10.6 Å². The Balaban J connectivity index is 1.62. The number of hydrogen-bond acceptors (Lipinski definition) is 3. The molecule has 2 aromatic carbocycles. The van der Waals surface area contributed by atoms with Crippen LogP contribution in [-0.2, 0) is 9.59 Å². The van der Waals surface area contributed by atoms with Crippen LogP contribution >= 0.6 is 0 Å². The minimum absolute atomic E-state index is 0.236. The molecule has 2 amide bonds. The molecule has 0 unspecified atom stereocenters. The lowest BCUT2D eigenvalue weighted by molar-refractivity contribution is -0.147. The number of nitrogens with one attached hydrogen (secondary N) is 2. The SMILES string of the molecule is Cc1ccc(NC(=O)c2ccc(NC(=O)[C@H]3CCCC[C@@H]3C(=O)O)cc2)cc1. The second-order valence-corrected chi connectivity index (χ2v) is 7.22. The summed E-state index contributed by atoms with van der Waals surface area (Å²) in [6.07, 6.45) is 2.82. The molecule has 0 saturated heterocycles. The van der Waals surface area contributed by atoms with Gasteiger partial charge in [0.15, 0.2) is 0 Å². The van der Waals surface area contributed by atoms with Crippen molar-refractivity contribution >= 4 is 29.2 Å². The monoisotopic (exact) mass is 380 g/mol. The smallest absolute Gasteiger partial charge is 0.307 e. The molecule has 0 radical (unpaired) electrons. The van der Waals surface area contributed by atoms with Crippen molar-refractivity contribution in [2.75, 3.05) is 10.6 Å². The van der Waals surface area contributed by atoms with Gasteiger partial charge < -0.3 is 15.7 Å². The van der Waals surface area contributed by atoms with Crippen molar-refractivity contribution in [1.82, 2.24) is 0 Å². The van der Waals surface area contributed by atoms with Gasteiger partial charge in [0.2, 0.25) is 5.91 Å². The number of rotatable bonds is 5. The Labute approximate surface area is 164 Å². The van der Waals surface area contributed by atoms with E-state index in [4.69, 9.17) is 0 Å². The van der Waals surface area contributed by atoms with E-state index in [0.717, 1.165) is 18.4 Å². The van der Waals surface area contributed by atoms with E-state index in [-0.39, 0.29) is 11.8 Å². The highest BCUT2D eigenvalue weighted by Gasteiger charge is 2.35. The van der Waals surface area contributed by atoms with E-state index in [1.807, 2.05) is 31.2 Å². The molecule has 3 N–H and O–H groups in total. The molecule has 1 fully saturated rings. The lowest BCUT2D eigenvalue weighted by Crippen LogP contribution is -2.36. The molecule has 0 heterocycles. The number of aliphatic carboxylic acids is 1. The molecule has 6 nitrogen and oxygen atoms in total. The normalized spacial score (nSPS) is 18.9. The van der Waals surface area contributed by atoms with Crippen LogP contribution in [-0.4, -0.2) is 22.9 Å². The highest BCUT2D eigenvalue weighted by Crippen LogP contribution is 2.31. The van der Waals surface area contributed by atoms with Gasteiger partial charge in [0.1, 0.15) is 0 Å². The minimum Gasteiger partial charge on any atom is -0.481 e. The van der Waals surface area contributed by atoms with Crippen molar-refractivity contribution in [3.05, 3.63) is 59.7 Å². The Morgan fingerprint density at radius 3 is 1.96 bits per heavy atom. The summed E-state index contributed by atoms with van der Waals surface area (Å²) in [5.41, 5.74) is 2.84. The number of amides is 2. The first-order chi connectivity index (χ1) is 13.4. The number of carbonyl (C=O) groups excluding carboxylic acids is 2. The van der Waals surface area contributed by atoms with E-state index < -0.39 is 17.8 Å². The molecule has 28 heavy (non-hydrogen) atoms. The minimum atomic E-state index is -0.914. The van der Waals surface area contributed by atoms with Crippen LogP contribution in [0.1, 0.15) is 41.6 Å². The maximum atomic E-state index is 12.5. The first-order valence-electron chi connectivity index (χ1n) is 9.46.